The fourth-order valence-electron chi connectivity index (χ4n) is 2.57. The maximum atomic E-state index is 10.5. The molecule has 0 unspecified atom stereocenters. The van der Waals surface area contributed by atoms with Crippen LogP contribution < -0.4 is 0 Å². The molecule has 2 fully saturated rings. The van der Waals surface area contributed by atoms with E-state index in [1.165, 1.54) is 12.8 Å². The summed E-state index contributed by atoms with van der Waals surface area (Å²) >= 11 is 0. The normalized spacial score (nSPS) is 31.6. The van der Waals surface area contributed by atoms with Gasteiger partial charge in [-0.05, 0) is 24.7 Å². The Morgan fingerprint density at radius 2 is 2.06 bits per heavy atom. The quantitative estimate of drug-likeness (QED) is 0.734. The number of carbonyl (C=O) groups is 1. The number of nitrogens with zero attached hydrogens (tertiary/aromatic N) is 1. The fraction of sp³-hybridized carbons (Fsp3) is 0.917. The van der Waals surface area contributed by atoms with Crippen LogP contribution in [0.25, 0.3) is 0 Å². The Kier molecular flexibility index (Phi) is 3.82. The monoisotopic (exact) mass is 227 g/mol. The average Bonchev–Trinajstić information content (AvgIpc) is 3.03. The Labute approximate surface area is 96.3 Å². The number of piperidine rings is 1. The Hall–Kier alpha value is -0.610. The van der Waals surface area contributed by atoms with Crippen molar-refractivity contribution >= 4 is 5.97 Å². The molecule has 2 rings (SSSR count). The van der Waals surface area contributed by atoms with E-state index in [1.807, 2.05) is 0 Å². The van der Waals surface area contributed by atoms with Crippen molar-refractivity contribution in [1.82, 2.24) is 4.90 Å². The summed E-state index contributed by atoms with van der Waals surface area (Å²) in [6.07, 6.45) is 4.62. The van der Waals surface area contributed by atoms with E-state index < -0.39 is 5.97 Å². The molecular formula is C12H21NO3. The molecular weight excluding hydrogens is 206 g/mol. The number of hydrogen-bond acceptors (Lipinski definition) is 3. The number of aliphatic hydroxyl groups excluding tert-OH is 1. The summed E-state index contributed by atoms with van der Waals surface area (Å²) in [5, 5.41) is 18.5. The Balaban J connectivity index is 1.76. The Morgan fingerprint density at radius 1 is 1.31 bits per heavy atom. The minimum Gasteiger partial charge on any atom is -0.481 e. The summed E-state index contributed by atoms with van der Waals surface area (Å²) in [5.41, 5.74) is 0. The summed E-state index contributed by atoms with van der Waals surface area (Å²) in [4.78, 5) is 12.7. The van der Waals surface area contributed by atoms with Gasteiger partial charge in [0.25, 0.3) is 0 Å². The molecule has 1 saturated heterocycles. The van der Waals surface area contributed by atoms with Crippen LogP contribution in [-0.2, 0) is 4.79 Å². The van der Waals surface area contributed by atoms with Crippen molar-refractivity contribution in [1.29, 1.82) is 0 Å². The molecule has 92 valence electrons. The van der Waals surface area contributed by atoms with Crippen molar-refractivity contribution in [3.05, 3.63) is 0 Å². The first-order valence-electron chi connectivity index (χ1n) is 6.27. The van der Waals surface area contributed by atoms with E-state index in [9.17, 15) is 9.90 Å². The van der Waals surface area contributed by atoms with Gasteiger partial charge in [0.1, 0.15) is 0 Å². The fourth-order valence-corrected chi connectivity index (χ4v) is 2.57. The first kappa shape index (κ1) is 11.9. The SMILES string of the molecule is O=C(O)CCN1CC[C@@H](O)[C@H](CC2CC2)C1. The second kappa shape index (κ2) is 5.15. The van der Waals surface area contributed by atoms with Gasteiger partial charge in [0.2, 0.25) is 0 Å². The highest BCUT2D eigenvalue weighted by atomic mass is 16.4. The highest BCUT2D eigenvalue weighted by Crippen LogP contribution is 2.37. The smallest absolute Gasteiger partial charge is 0.304 e. The molecule has 4 heteroatoms. The van der Waals surface area contributed by atoms with Crippen molar-refractivity contribution in [3.63, 3.8) is 0 Å². The van der Waals surface area contributed by atoms with Crippen LogP contribution in [0.3, 0.4) is 0 Å². The highest BCUT2D eigenvalue weighted by Gasteiger charge is 2.33. The third-order valence-electron chi connectivity index (χ3n) is 3.75. The zero-order chi connectivity index (χ0) is 11.5. The summed E-state index contributed by atoms with van der Waals surface area (Å²) in [6.45, 7) is 2.35. The summed E-state index contributed by atoms with van der Waals surface area (Å²) in [5.74, 6) is 0.471. The molecule has 0 aromatic carbocycles. The Bertz CT molecular complexity index is 253. The predicted molar refractivity (Wildman–Crippen MR) is 60.1 cm³/mol. The summed E-state index contributed by atoms with van der Waals surface area (Å²) < 4.78 is 0. The maximum absolute atomic E-state index is 10.5. The topological polar surface area (TPSA) is 60.8 Å². The zero-order valence-electron chi connectivity index (χ0n) is 9.64. The number of rotatable bonds is 5. The van der Waals surface area contributed by atoms with Gasteiger partial charge >= 0.3 is 5.97 Å². The summed E-state index contributed by atoms with van der Waals surface area (Å²) in [7, 11) is 0. The molecule has 0 spiro atoms. The first-order valence-corrected chi connectivity index (χ1v) is 6.27. The van der Waals surface area contributed by atoms with Gasteiger partial charge in [-0.2, -0.15) is 0 Å². The lowest BCUT2D eigenvalue weighted by molar-refractivity contribution is -0.137. The van der Waals surface area contributed by atoms with Gasteiger partial charge in [0, 0.05) is 19.6 Å². The number of aliphatic carboxylic acids is 1. The van der Waals surface area contributed by atoms with Gasteiger partial charge in [-0.3, -0.25) is 4.79 Å². The molecule has 2 atom stereocenters. The van der Waals surface area contributed by atoms with Crippen molar-refractivity contribution in [2.24, 2.45) is 11.8 Å². The van der Waals surface area contributed by atoms with E-state index in [4.69, 9.17) is 5.11 Å². The van der Waals surface area contributed by atoms with Crippen LogP contribution in [0.4, 0.5) is 0 Å². The standard InChI is InChI=1S/C12H21NO3/c14-11-3-5-13(6-4-12(15)16)8-10(11)7-9-1-2-9/h9-11,14H,1-8H2,(H,15,16)/t10-,11-/m1/s1. The minimum atomic E-state index is -0.732. The third-order valence-corrected chi connectivity index (χ3v) is 3.75. The molecule has 1 aliphatic heterocycles. The van der Waals surface area contributed by atoms with Crippen molar-refractivity contribution in [2.45, 2.75) is 38.2 Å². The first-order chi connectivity index (χ1) is 7.65. The van der Waals surface area contributed by atoms with E-state index in [1.54, 1.807) is 0 Å². The largest absolute Gasteiger partial charge is 0.481 e. The van der Waals surface area contributed by atoms with Gasteiger partial charge in [0.15, 0.2) is 0 Å². The molecule has 1 aliphatic carbocycles. The van der Waals surface area contributed by atoms with E-state index in [0.29, 0.717) is 12.5 Å². The van der Waals surface area contributed by atoms with E-state index in [0.717, 1.165) is 31.8 Å². The highest BCUT2D eigenvalue weighted by molar-refractivity contribution is 5.66. The van der Waals surface area contributed by atoms with Gasteiger partial charge in [-0.15, -0.1) is 0 Å². The van der Waals surface area contributed by atoms with Crippen LogP contribution in [0.5, 0.6) is 0 Å². The lowest BCUT2D eigenvalue weighted by Crippen LogP contribution is -2.44. The lowest BCUT2D eigenvalue weighted by Gasteiger charge is -2.36. The molecule has 1 heterocycles. The van der Waals surface area contributed by atoms with Gasteiger partial charge in [-0.25, -0.2) is 0 Å². The molecule has 16 heavy (non-hydrogen) atoms. The molecule has 0 radical (unpaired) electrons. The molecule has 0 aromatic heterocycles. The van der Waals surface area contributed by atoms with Crippen molar-refractivity contribution in [2.75, 3.05) is 19.6 Å². The second-order valence-corrected chi connectivity index (χ2v) is 5.24. The molecule has 0 bridgehead atoms. The number of hydrogen-bond donors (Lipinski definition) is 2. The number of carboxylic acid groups (broad SMARTS) is 1. The van der Waals surface area contributed by atoms with Crippen LogP contribution in [0.1, 0.15) is 32.1 Å². The zero-order valence-corrected chi connectivity index (χ0v) is 9.64. The molecule has 1 saturated carbocycles. The third kappa shape index (κ3) is 3.46. The van der Waals surface area contributed by atoms with Crippen LogP contribution in [-0.4, -0.2) is 46.8 Å². The van der Waals surface area contributed by atoms with Crippen LogP contribution in [0.15, 0.2) is 0 Å². The number of aliphatic hydroxyl groups is 1. The lowest BCUT2D eigenvalue weighted by atomic mass is 9.90. The molecule has 0 aromatic rings. The second-order valence-electron chi connectivity index (χ2n) is 5.24. The minimum absolute atomic E-state index is 0.165. The predicted octanol–water partition coefficient (Wildman–Crippen LogP) is 0.944. The average molecular weight is 227 g/mol. The molecule has 2 aliphatic rings. The maximum Gasteiger partial charge on any atom is 0.304 e. The van der Waals surface area contributed by atoms with Crippen molar-refractivity contribution < 1.29 is 15.0 Å². The molecule has 2 N–H and O–H groups in total. The van der Waals surface area contributed by atoms with Gasteiger partial charge in [0.05, 0.1) is 12.5 Å². The Morgan fingerprint density at radius 3 is 2.69 bits per heavy atom. The van der Waals surface area contributed by atoms with E-state index in [2.05, 4.69) is 4.90 Å². The van der Waals surface area contributed by atoms with Crippen LogP contribution in [0, 0.1) is 11.8 Å². The van der Waals surface area contributed by atoms with Gasteiger partial charge in [-0.1, -0.05) is 12.8 Å². The van der Waals surface area contributed by atoms with Gasteiger partial charge < -0.3 is 15.1 Å². The van der Waals surface area contributed by atoms with Crippen molar-refractivity contribution in [3.8, 4) is 0 Å². The van der Waals surface area contributed by atoms with Crippen LogP contribution >= 0.6 is 0 Å². The summed E-state index contributed by atoms with van der Waals surface area (Å²) in [6, 6.07) is 0. The molecule has 0 amide bonds. The van der Waals surface area contributed by atoms with E-state index >= 15 is 0 Å². The number of carboxylic acids is 1. The molecule has 4 nitrogen and oxygen atoms in total. The number of likely N-dealkylation sites (tertiary alicyclic amines) is 1. The van der Waals surface area contributed by atoms with E-state index in [-0.39, 0.29) is 12.5 Å². The van der Waals surface area contributed by atoms with Crippen LogP contribution in [0.2, 0.25) is 0 Å².